The van der Waals surface area contributed by atoms with Crippen molar-refractivity contribution in [3.63, 3.8) is 0 Å². The predicted molar refractivity (Wildman–Crippen MR) is 130 cm³/mol. The molecule has 1 amide bonds. The minimum atomic E-state index is -6.58. The Kier molecular flexibility index (Phi) is 12.0. The van der Waals surface area contributed by atoms with Gasteiger partial charge in [-0.05, 0) is 36.8 Å². The van der Waals surface area contributed by atoms with E-state index in [1.807, 2.05) is 0 Å². The highest BCUT2D eigenvalue weighted by molar-refractivity contribution is 6.32. The molecule has 0 aromatic heterocycles. The molecule has 0 radical (unpaired) electrons. The molecule has 1 N–H and O–H groups in total. The van der Waals surface area contributed by atoms with E-state index in [1.165, 1.54) is 36.4 Å². The maximum Gasteiger partial charge on any atom is 0.462 e. The number of nitrogens with zero attached hydrogens (tertiary/aromatic N) is 1. The molecule has 0 heterocycles. The Labute approximate surface area is 234 Å². The molecule has 2 aromatic carbocycles. The van der Waals surface area contributed by atoms with Crippen LogP contribution in [0.2, 0.25) is 5.02 Å². The number of carboxylic acids is 1. The standard InChI is InChI=1S/C25H25ClF7NO7/c1-2-38-20(21(35)36)15-16-7-9-17(10-8-16)39-13-11-34(22(37)41-19-6-4-3-5-18(19)26)12-14-40-25(32,33)23(27,28)24(29,30)31/h3-10,20H,2,11-15H2,1H3,(H,35,36). The summed E-state index contributed by atoms with van der Waals surface area (Å²) in [6.45, 7) is -1.17. The van der Waals surface area contributed by atoms with Crippen LogP contribution in [0.1, 0.15) is 12.5 Å². The SMILES string of the molecule is CCOC(Cc1ccc(OCCN(CCOC(F)(F)C(F)(F)C(F)(F)F)C(=O)Oc2ccccc2Cl)cc1)C(=O)O. The lowest BCUT2D eigenvalue weighted by Gasteiger charge is -2.28. The van der Waals surface area contributed by atoms with Crippen molar-refractivity contribution in [3.8, 4) is 11.5 Å². The molecular weight excluding hydrogens is 595 g/mol. The summed E-state index contributed by atoms with van der Waals surface area (Å²) in [4.78, 5) is 24.6. The number of rotatable bonds is 15. The van der Waals surface area contributed by atoms with Crippen LogP contribution in [0.25, 0.3) is 0 Å². The van der Waals surface area contributed by atoms with Crippen LogP contribution in [0.4, 0.5) is 35.5 Å². The van der Waals surface area contributed by atoms with Crippen molar-refractivity contribution in [2.24, 2.45) is 0 Å². The molecule has 0 saturated heterocycles. The van der Waals surface area contributed by atoms with Crippen molar-refractivity contribution in [3.05, 3.63) is 59.1 Å². The first kappa shape index (κ1) is 33.9. The van der Waals surface area contributed by atoms with Gasteiger partial charge in [0, 0.05) is 19.6 Å². The summed E-state index contributed by atoms with van der Waals surface area (Å²) in [5.74, 6) is -7.50. The molecule has 0 saturated carbocycles. The average molecular weight is 620 g/mol. The zero-order valence-corrected chi connectivity index (χ0v) is 22.1. The van der Waals surface area contributed by atoms with Crippen LogP contribution in [0.5, 0.6) is 11.5 Å². The van der Waals surface area contributed by atoms with Gasteiger partial charge in [-0.1, -0.05) is 35.9 Å². The first-order valence-electron chi connectivity index (χ1n) is 11.8. The van der Waals surface area contributed by atoms with Crippen LogP contribution in [0, 0.1) is 0 Å². The summed E-state index contributed by atoms with van der Waals surface area (Å²) < 4.78 is 110. The number of carbonyl (C=O) groups is 2. The summed E-state index contributed by atoms with van der Waals surface area (Å²) in [5, 5.41) is 9.19. The Morgan fingerprint density at radius 3 is 2.12 bits per heavy atom. The number of hydrogen-bond acceptors (Lipinski definition) is 6. The van der Waals surface area contributed by atoms with Crippen LogP contribution in [-0.4, -0.2) is 79.3 Å². The number of hydrogen-bond donors (Lipinski definition) is 1. The molecule has 0 aliphatic carbocycles. The normalized spacial score (nSPS) is 13.0. The van der Waals surface area contributed by atoms with Crippen molar-refractivity contribution >= 4 is 23.7 Å². The van der Waals surface area contributed by atoms with Gasteiger partial charge in [-0.25, -0.2) is 9.59 Å². The van der Waals surface area contributed by atoms with Gasteiger partial charge < -0.3 is 29.0 Å². The molecule has 16 heteroatoms. The Bertz CT molecular complexity index is 1150. The number of carboxylic acid groups (broad SMARTS) is 1. The molecule has 1 unspecified atom stereocenters. The predicted octanol–water partition coefficient (Wildman–Crippen LogP) is 6.06. The zero-order valence-electron chi connectivity index (χ0n) is 21.3. The molecule has 0 bridgehead atoms. The largest absolute Gasteiger partial charge is 0.492 e. The lowest BCUT2D eigenvalue weighted by atomic mass is 10.1. The van der Waals surface area contributed by atoms with Gasteiger partial charge in [-0.3, -0.25) is 0 Å². The first-order valence-corrected chi connectivity index (χ1v) is 12.2. The van der Waals surface area contributed by atoms with Crippen molar-refractivity contribution in [2.75, 3.05) is 32.9 Å². The number of ether oxygens (including phenoxy) is 4. The Morgan fingerprint density at radius 2 is 1.56 bits per heavy atom. The maximum atomic E-state index is 13.5. The van der Waals surface area contributed by atoms with E-state index in [0.29, 0.717) is 10.5 Å². The monoisotopic (exact) mass is 619 g/mol. The van der Waals surface area contributed by atoms with Gasteiger partial charge in [-0.15, -0.1) is 0 Å². The third kappa shape index (κ3) is 9.64. The van der Waals surface area contributed by atoms with Gasteiger partial charge in [-0.2, -0.15) is 30.7 Å². The molecule has 228 valence electrons. The van der Waals surface area contributed by atoms with E-state index < -0.39 is 56.1 Å². The number of aliphatic carboxylic acids is 1. The second-order valence-corrected chi connectivity index (χ2v) is 8.61. The summed E-state index contributed by atoms with van der Waals surface area (Å²) in [6.07, 6.45) is -14.7. The van der Waals surface area contributed by atoms with Gasteiger partial charge in [0.2, 0.25) is 0 Å². The molecule has 1 atom stereocenters. The third-order valence-electron chi connectivity index (χ3n) is 5.28. The second kappa shape index (κ2) is 14.5. The fraction of sp³-hybridized carbons (Fsp3) is 0.440. The van der Waals surface area contributed by atoms with Gasteiger partial charge in [0.15, 0.2) is 11.9 Å². The Balaban J connectivity index is 2.05. The lowest BCUT2D eigenvalue weighted by molar-refractivity contribution is -0.423. The van der Waals surface area contributed by atoms with Crippen LogP contribution in [0.3, 0.4) is 0 Å². The van der Waals surface area contributed by atoms with E-state index in [2.05, 4.69) is 4.74 Å². The molecule has 8 nitrogen and oxygen atoms in total. The van der Waals surface area contributed by atoms with Gasteiger partial charge in [0.25, 0.3) is 0 Å². The Morgan fingerprint density at radius 1 is 0.951 bits per heavy atom. The van der Waals surface area contributed by atoms with Gasteiger partial charge in [0.1, 0.15) is 12.4 Å². The highest BCUT2D eigenvalue weighted by Gasteiger charge is 2.74. The minimum Gasteiger partial charge on any atom is -0.492 e. The number of carbonyl (C=O) groups excluding carboxylic acids is 1. The van der Waals surface area contributed by atoms with Crippen LogP contribution in [-0.2, 0) is 20.7 Å². The number of benzene rings is 2. The van der Waals surface area contributed by atoms with E-state index in [-0.39, 0.29) is 36.2 Å². The highest BCUT2D eigenvalue weighted by Crippen LogP contribution is 2.46. The van der Waals surface area contributed by atoms with E-state index in [9.17, 15) is 45.4 Å². The molecule has 0 fully saturated rings. The fourth-order valence-corrected chi connectivity index (χ4v) is 3.32. The van der Waals surface area contributed by atoms with Crippen molar-refractivity contribution in [2.45, 2.75) is 37.7 Å². The quantitative estimate of drug-likeness (QED) is 0.242. The van der Waals surface area contributed by atoms with Gasteiger partial charge in [0.05, 0.1) is 18.2 Å². The van der Waals surface area contributed by atoms with Crippen LogP contribution >= 0.6 is 11.6 Å². The summed E-state index contributed by atoms with van der Waals surface area (Å²) >= 11 is 5.92. The summed E-state index contributed by atoms with van der Waals surface area (Å²) in [7, 11) is 0. The van der Waals surface area contributed by atoms with E-state index in [0.717, 1.165) is 0 Å². The number of para-hydroxylation sites is 1. The number of alkyl halides is 7. The highest BCUT2D eigenvalue weighted by atomic mass is 35.5. The molecule has 2 rings (SSSR count). The van der Waals surface area contributed by atoms with Crippen molar-refractivity contribution < 1.29 is 64.4 Å². The average Bonchev–Trinajstić information content (AvgIpc) is 2.88. The van der Waals surface area contributed by atoms with Crippen LogP contribution < -0.4 is 9.47 Å². The maximum absolute atomic E-state index is 13.5. The number of amides is 1. The zero-order chi connectivity index (χ0) is 30.8. The van der Waals surface area contributed by atoms with Crippen molar-refractivity contribution in [1.82, 2.24) is 4.90 Å². The molecule has 41 heavy (non-hydrogen) atoms. The molecule has 0 aliphatic heterocycles. The Hall–Kier alpha value is -3.30. The molecule has 2 aromatic rings. The molecular formula is C25H25ClF7NO7. The second-order valence-electron chi connectivity index (χ2n) is 8.20. The van der Waals surface area contributed by atoms with Crippen molar-refractivity contribution in [1.29, 1.82) is 0 Å². The lowest BCUT2D eigenvalue weighted by Crippen LogP contribution is -2.54. The molecule has 0 aliphatic rings. The minimum absolute atomic E-state index is 0.000726. The van der Waals surface area contributed by atoms with E-state index in [4.69, 9.17) is 25.8 Å². The summed E-state index contributed by atoms with van der Waals surface area (Å²) in [5.41, 5.74) is 0.608. The third-order valence-corrected chi connectivity index (χ3v) is 5.59. The van der Waals surface area contributed by atoms with Crippen LogP contribution in [0.15, 0.2) is 48.5 Å². The van der Waals surface area contributed by atoms with E-state index >= 15 is 0 Å². The first-order chi connectivity index (χ1) is 19.1. The topological polar surface area (TPSA) is 94.5 Å². The smallest absolute Gasteiger partial charge is 0.462 e. The van der Waals surface area contributed by atoms with Gasteiger partial charge >= 0.3 is 30.3 Å². The van der Waals surface area contributed by atoms with E-state index in [1.54, 1.807) is 19.1 Å². The summed E-state index contributed by atoms with van der Waals surface area (Å²) in [6, 6.07) is 11.7. The number of halogens is 8. The molecule has 0 spiro atoms. The fourth-order valence-electron chi connectivity index (χ4n) is 3.15.